The van der Waals surface area contributed by atoms with Gasteiger partial charge < -0.3 is 5.73 Å². The van der Waals surface area contributed by atoms with Gasteiger partial charge in [-0.1, -0.05) is 38.1 Å². The second-order valence-electron chi connectivity index (χ2n) is 5.72. The average Bonchev–Trinajstić information content (AvgIpc) is 2.76. The highest BCUT2D eigenvalue weighted by Crippen LogP contribution is 2.28. The van der Waals surface area contributed by atoms with E-state index in [4.69, 9.17) is 5.73 Å². The molecule has 3 aromatic rings. The van der Waals surface area contributed by atoms with Gasteiger partial charge >= 0.3 is 0 Å². The van der Waals surface area contributed by atoms with Gasteiger partial charge in [0.2, 0.25) is 0 Å². The Morgan fingerprint density at radius 3 is 2.52 bits per heavy atom. The molecule has 3 rings (SSSR count). The summed E-state index contributed by atoms with van der Waals surface area (Å²) in [5, 5.41) is 0. The van der Waals surface area contributed by atoms with E-state index in [-0.39, 0.29) is 0 Å². The van der Waals surface area contributed by atoms with Gasteiger partial charge in [-0.2, -0.15) is 0 Å². The maximum Gasteiger partial charge on any atom is 0.139 e. The van der Waals surface area contributed by atoms with Gasteiger partial charge in [0.05, 0.1) is 0 Å². The molecule has 0 aliphatic carbocycles. The summed E-state index contributed by atoms with van der Waals surface area (Å²) in [7, 11) is 0. The monoisotopic (exact) mass is 343 g/mol. The van der Waals surface area contributed by atoms with Crippen molar-refractivity contribution in [1.82, 2.24) is 9.38 Å². The standard InChI is InChI=1S/C17H18BrN3/c1-11(2)9-12-3-5-13(6-4-12)16-17(19)21-10-14(18)7-8-15(21)20-16/h3-8,10-11H,9,19H2,1-2H3. The van der Waals surface area contributed by atoms with Crippen LogP contribution in [0.25, 0.3) is 16.9 Å². The molecule has 0 fully saturated rings. The van der Waals surface area contributed by atoms with E-state index in [9.17, 15) is 0 Å². The van der Waals surface area contributed by atoms with Crippen LogP contribution in [0.15, 0.2) is 47.1 Å². The van der Waals surface area contributed by atoms with Crippen LogP contribution in [-0.2, 0) is 6.42 Å². The van der Waals surface area contributed by atoms with Crippen LogP contribution in [0, 0.1) is 5.92 Å². The van der Waals surface area contributed by atoms with Crippen molar-refractivity contribution < 1.29 is 0 Å². The molecule has 2 N–H and O–H groups in total. The quantitative estimate of drug-likeness (QED) is 0.758. The van der Waals surface area contributed by atoms with Crippen LogP contribution >= 0.6 is 15.9 Å². The Balaban J connectivity index is 2.02. The zero-order chi connectivity index (χ0) is 15.0. The molecule has 3 nitrogen and oxygen atoms in total. The Morgan fingerprint density at radius 1 is 1.14 bits per heavy atom. The van der Waals surface area contributed by atoms with Crippen LogP contribution in [0.1, 0.15) is 19.4 Å². The third-order valence-electron chi connectivity index (χ3n) is 3.49. The number of nitrogen functional groups attached to an aromatic ring is 1. The largest absolute Gasteiger partial charge is 0.383 e. The fourth-order valence-electron chi connectivity index (χ4n) is 2.52. The van der Waals surface area contributed by atoms with E-state index >= 15 is 0 Å². The van der Waals surface area contributed by atoms with Crippen LogP contribution in [0.4, 0.5) is 5.82 Å². The third-order valence-corrected chi connectivity index (χ3v) is 3.96. The molecule has 1 aromatic carbocycles. The van der Waals surface area contributed by atoms with Crippen molar-refractivity contribution in [3.63, 3.8) is 0 Å². The first-order valence-electron chi connectivity index (χ1n) is 7.07. The number of fused-ring (bicyclic) bond motifs is 1. The van der Waals surface area contributed by atoms with Crippen LogP contribution in [-0.4, -0.2) is 9.38 Å². The van der Waals surface area contributed by atoms with Crippen molar-refractivity contribution in [3.8, 4) is 11.3 Å². The molecule has 2 aromatic heterocycles. The first kappa shape index (κ1) is 14.1. The molecular formula is C17H18BrN3. The summed E-state index contributed by atoms with van der Waals surface area (Å²) in [4.78, 5) is 4.63. The first-order valence-corrected chi connectivity index (χ1v) is 7.86. The molecule has 0 saturated carbocycles. The number of nitrogens with two attached hydrogens (primary N) is 1. The second-order valence-corrected chi connectivity index (χ2v) is 6.63. The molecule has 0 saturated heterocycles. The van der Waals surface area contributed by atoms with Gasteiger partial charge in [-0.25, -0.2) is 4.98 Å². The van der Waals surface area contributed by atoms with Crippen LogP contribution in [0.3, 0.4) is 0 Å². The summed E-state index contributed by atoms with van der Waals surface area (Å²) in [5.74, 6) is 1.33. The minimum Gasteiger partial charge on any atom is -0.383 e. The Labute approximate surface area is 132 Å². The van der Waals surface area contributed by atoms with E-state index in [1.165, 1.54) is 5.56 Å². The zero-order valence-electron chi connectivity index (χ0n) is 12.2. The highest BCUT2D eigenvalue weighted by atomic mass is 79.9. The Kier molecular flexibility index (Phi) is 3.72. The van der Waals surface area contributed by atoms with Gasteiger partial charge in [0, 0.05) is 16.2 Å². The molecule has 108 valence electrons. The Bertz CT molecular complexity index is 773. The number of rotatable bonds is 3. The predicted molar refractivity (Wildman–Crippen MR) is 91.3 cm³/mol. The van der Waals surface area contributed by atoms with Gasteiger partial charge in [-0.3, -0.25) is 4.40 Å². The molecule has 0 aliphatic rings. The molecule has 21 heavy (non-hydrogen) atoms. The van der Waals surface area contributed by atoms with Gasteiger partial charge in [-0.15, -0.1) is 0 Å². The maximum atomic E-state index is 6.24. The van der Waals surface area contributed by atoms with Crippen molar-refractivity contribution in [2.75, 3.05) is 5.73 Å². The minimum atomic E-state index is 0.661. The number of benzene rings is 1. The summed E-state index contributed by atoms with van der Waals surface area (Å²) in [6.07, 6.45) is 3.03. The van der Waals surface area contributed by atoms with Crippen molar-refractivity contribution in [2.24, 2.45) is 5.92 Å². The SMILES string of the molecule is CC(C)Cc1ccc(-c2nc3ccc(Br)cn3c2N)cc1. The highest BCUT2D eigenvalue weighted by Gasteiger charge is 2.11. The van der Waals surface area contributed by atoms with Gasteiger partial charge in [0.25, 0.3) is 0 Å². The lowest BCUT2D eigenvalue weighted by molar-refractivity contribution is 0.647. The number of pyridine rings is 1. The fraction of sp³-hybridized carbons (Fsp3) is 0.235. The molecule has 0 atom stereocenters. The Morgan fingerprint density at radius 2 is 1.86 bits per heavy atom. The Hall–Kier alpha value is -1.81. The minimum absolute atomic E-state index is 0.661. The van der Waals surface area contributed by atoms with E-state index in [2.05, 4.69) is 59.0 Å². The number of hydrogen-bond acceptors (Lipinski definition) is 2. The summed E-state index contributed by atoms with van der Waals surface area (Å²) in [5.41, 5.74) is 10.3. The molecule has 0 radical (unpaired) electrons. The van der Waals surface area contributed by atoms with E-state index < -0.39 is 0 Å². The summed E-state index contributed by atoms with van der Waals surface area (Å²) < 4.78 is 2.89. The topological polar surface area (TPSA) is 43.3 Å². The number of anilines is 1. The van der Waals surface area contributed by atoms with Crippen molar-refractivity contribution >= 4 is 27.4 Å². The molecule has 0 aliphatic heterocycles. The van der Waals surface area contributed by atoms with E-state index in [1.54, 1.807) is 0 Å². The number of aromatic nitrogens is 2. The molecule has 0 amide bonds. The predicted octanol–water partition coefficient (Wildman–Crippen LogP) is 4.54. The van der Waals surface area contributed by atoms with E-state index in [0.717, 1.165) is 27.8 Å². The summed E-state index contributed by atoms with van der Waals surface area (Å²) in [6, 6.07) is 12.5. The first-order chi connectivity index (χ1) is 10.0. The maximum absolute atomic E-state index is 6.24. The van der Waals surface area contributed by atoms with Crippen LogP contribution in [0.5, 0.6) is 0 Å². The fourth-order valence-corrected chi connectivity index (χ4v) is 2.86. The molecule has 2 heterocycles. The van der Waals surface area contributed by atoms with Crippen molar-refractivity contribution in [2.45, 2.75) is 20.3 Å². The van der Waals surface area contributed by atoms with Gasteiger partial charge in [0.1, 0.15) is 17.2 Å². The normalized spacial score (nSPS) is 11.4. The number of imidazole rings is 1. The van der Waals surface area contributed by atoms with E-state index in [1.807, 2.05) is 22.7 Å². The van der Waals surface area contributed by atoms with Crippen molar-refractivity contribution in [1.29, 1.82) is 0 Å². The molecule has 0 spiro atoms. The number of hydrogen-bond donors (Lipinski definition) is 1. The molecule has 0 unspecified atom stereocenters. The zero-order valence-corrected chi connectivity index (χ0v) is 13.8. The van der Waals surface area contributed by atoms with Crippen LogP contribution in [0.2, 0.25) is 0 Å². The third kappa shape index (κ3) is 2.81. The molecule has 4 heteroatoms. The lowest BCUT2D eigenvalue weighted by Crippen LogP contribution is -1.95. The number of halogens is 1. The smallest absolute Gasteiger partial charge is 0.139 e. The number of nitrogens with zero attached hydrogens (tertiary/aromatic N) is 2. The molecular weight excluding hydrogens is 326 g/mol. The lowest BCUT2D eigenvalue weighted by Gasteiger charge is -2.06. The van der Waals surface area contributed by atoms with E-state index in [0.29, 0.717) is 11.7 Å². The highest BCUT2D eigenvalue weighted by molar-refractivity contribution is 9.10. The summed E-state index contributed by atoms with van der Waals surface area (Å²) in [6.45, 7) is 4.46. The van der Waals surface area contributed by atoms with Crippen LogP contribution < -0.4 is 5.73 Å². The summed E-state index contributed by atoms with van der Waals surface area (Å²) >= 11 is 3.46. The second kappa shape index (κ2) is 5.53. The van der Waals surface area contributed by atoms with Gasteiger partial charge in [0.15, 0.2) is 0 Å². The average molecular weight is 344 g/mol. The lowest BCUT2D eigenvalue weighted by atomic mass is 10.0. The van der Waals surface area contributed by atoms with Crippen molar-refractivity contribution in [3.05, 3.63) is 52.6 Å². The van der Waals surface area contributed by atoms with Gasteiger partial charge in [-0.05, 0) is 46.0 Å². The molecule has 0 bridgehead atoms.